The van der Waals surface area contributed by atoms with Crippen LogP contribution in [0.15, 0.2) is 48.5 Å². The predicted molar refractivity (Wildman–Crippen MR) is 120 cm³/mol. The fraction of sp³-hybridized carbons (Fsp3) is 0.375. The summed E-state index contributed by atoms with van der Waals surface area (Å²) in [5.41, 5.74) is 1.86. The summed E-state index contributed by atoms with van der Waals surface area (Å²) in [4.78, 5) is 43.4. The Morgan fingerprint density at radius 1 is 1.09 bits per heavy atom. The zero-order valence-electron chi connectivity index (χ0n) is 18.7. The Bertz CT molecular complexity index is 1040. The lowest BCUT2D eigenvalue weighted by Crippen LogP contribution is -2.54. The summed E-state index contributed by atoms with van der Waals surface area (Å²) in [5.74, 6) is -0.787. The molecule has 9 heteroatoms. The van der Waals surface area contributed by atoms with Gasteiger partial charge in [0.1, 0.15) is 5.82 Å². The molecule has 33 heavy (non-hydrogen) atoms. The van der Waals surface area contributed by atoms with Gasteiger partial charge in [-0.05, 0) is 42.4 Å². The van der Waals surface area contributed by atoms with Gasteiger partial charge in [-0.1, -0.05) is 24.3 Å². The molecule has 174 valence electrons. The molecule has 0 bridgehead atoms. The molecule has 2 atom stereocenters. The molecular formula is C24H27FN4O4. The SMILES string of the molecule is CC(=O)Nc1cccc(C2OC(=O)N(Cc3ccc(F)cc3)C2C(=O)N2CCN(C)CC2)c1. The van der Waals surface area contributed by atoms with Crippen molar-refractivity contribution in [3.05, 3.63) is 65.5 Å². The Morgan fingerprint density at radius 3 is 2.45 bits per heavy atom. The minimum Gasteiger partial charge on any atom is -0.438 e. The minimum atomic E-state index is -0.876. The summed E-state index contributed by atoms with van der Waals surface area (Å²) in [6, 6.07) is 11.9. The number of ether oxygens (including phenoxy) is 1. The van der Waals surface area contributed by atoms with Crippen molar-refractivity contribution in [1.29, 1.82) is 0 Å². The van der Waals surface area contributed by atoms with Gasteiger partial charge in [-0.2, -0.15) is 0 Å². The molecule has 4 rings (SSSR count). The van der Waals surface area contributed by atoms with Crippen molar-refractivity contribution in [3.8, 4) is 0 Å². The van der Waals surface area contributed by atoms with Gasteiger partial charge in [-0.3, -0.25) is 14.5 Å². The highest BCUT2D eigenvalue weighted by atomic mass is 19.1. The van der Waals surface area contributed by atoms with E-state index in [1.807, 2.05) is 7.05 Å². The smallest absolute Gasteiger partial charge is 0.411 e. The molecule has 1 N–H and O–H groups in total. The van der Waals surface area contributed by atoms with E-state index < -0.39 is 18.2 Å². The highest BCUT2D eigenvalue weighted by Gasteiger charge is 2.48. The number of piperazine rings is 1. The number of anilines is 1. The number of nitrogens with zero attached hydrogens (tertiary/aromatic N) is 3. The molecule has 2 saturated heterocycles. The highest BCUT2D eigenvalue weighted by molar-refractivity contribution is 5.90. The number of cyclic esters (lactones) is 1. The van der Waals surface area contributed by atoms with Crippen LogP contribution >= 0.6 is 0 Å². The number of rotatable bonds is 5. The maximum absolute atomic E-state index is 13.7. The standard InChI is InChI=1S/C24H27FN4O4/c1-16(30)26-20-5-3-4-18(14-20)22-21(23(31)28-12-10-27(2)11-13-28)29(24(32)33-22)15-17-6-8-19(25)9-7-17/h3-9,14,21-22H,10-13,15H2,1-2H3,(H,26,30). The molecule has 3 amide bonds. The number of hydrogen-bond acceptors (Lipinski definition) is 5. The van der Waals surface area contributed by atoms with Gasteiger partial charge in [0, 0.05) is 38.8 Å². The van der Waals surface area contributed by atoms with Crippen LogP contribution in [-0.4, -0.2) is 71.9 Å². The van der Waals surface area contributed by atoms with E-state index in [1.165, 1.54) is 24.0 Å². The van der Waals surface area contributed by atoms with Crippen LogP contribution in [0.25, 0.3) is 0 Å². The van der Waals surface area contributed by atoms with Gasteiger partial charge in [0.25, 0.3) is 0 Å². The van der Waals surface area contributed by atoms with Crippen molar-refractivity contribution in [2.75, 3.05) is 38.5 Å². The van der Waals surface area contributed by atoms with Crippen LogP contribution in [0, 0.1) is 5.82 Å². The number of likely N-dealkylation sites (N-methyl/N-ethyl adjacent to an activating group) is 1. The van der Waals surface area contributed by atoms with Crippen molar-refractivity contribution in [3.63, 3.8) is 0 Å². The maximum Gasteiger partial charge on any atom is 0.411 e. The third-order valence-electron chi connectivity index (χ3n) is 5.95. The molecule has 2 heterocycles. The number of carbonyl (C=O) groups excluding carboxylic acids is 3. The van der Waals surface area contributed by atoms with E-state index in [0.29, 0.717) is 29.9 Å². The largest absolute Gasteiger partial charge is 0.438 e. The first-order valence-electron chi connectivity index (χ1n) is 10.9. The van der Waals surface area contributed by atoms with Gasteiger partial charge in [0.2, 0.25) is 11.8 Å². The fourth-order valence-corrected chi connectivity index (χ4v) is 4.19. The van der Waals surface area contributed by atoms with Crippen molar-refractivity contribution in [2.45, 2.75) is 25.6 Å². The molecule has 2 aromatic rings. The van der Waals surface area contributed by atoms with E-state index in [4.69, 9.17) is 4.74 Å². The normalized spacial score (nSPS) is 21.1. The van der Waals surface area contributed by atoms with E-state index in [9.17, 15) is 18.8 Å². The number of nitrogens with one attached hydrogen (secondary N) is 1. The molecule has 2 aromatic carbocycles. The van der Waals surface area contributed by atoms with Crippen molar-refractivity contribution >= 4 is 23.6 Å². The number of benzene rings is 2. The van der Waals surface area contributed by atoms with Crippen molar-refractivity contribution in [2.24, 2.45) is 0 Å². The molecule has 0 aromatic heterocycles. The number of halogens is 1. The average Bonchev–Trinajstić information content (AvgIpc) is 3.11. The van der Waals surface area contributed by atoms with Crippen LogP contribution in [0.4, 0.5) is 14.9 Å². The summed E-state index contributed by atoms with van der Waals surface area (Å²) in [7, 11) is 2.00. The van der Waals surface area contributed by atoms with E-state index in [-0.39, 0.29) is 24.2 Å². The summed E-state index contributed by atoms with van der Waals surface area (Å²) in [5, 5.41) is 2.72. The molecule has 2 fully saturated rings. The van der Waals surface area contributed by atoms with E-state index in [1.54, 1.807) is 41.3 Å². The Labute approximate surface area is 191 Å². The second kappa shape index (κ2) is 9.58. The Kier molecular flexibility index (Phi) is 6.60. The first kappa shape index (κ1) is 22.7. The van der Waals surface area contributed by atoms with E-state index >= 15 is 0 Å². The van der Waals surface area contributed by atoms with E-state index in [0.717, 1.165) is 13.1 Å². The summed E-state index contributed by atoms with van der Waals surface area (Å²) >= 11 is 0. The quantitative estimate of drug-likeness (QED) is 0.751. The molecule has 2 aliphatic rings. The van der Waals surface area contributed by atoms with Crippen LogP contribution in [-0.2, 0) is 20.9 Å². The number of amides is 3. The van der Waals surface area contributed by atoms with Crippen LogP contribution in [0.5, 0.6) is 0 Å². The average molecular weight is 455 g/mol. The highest BCUT2D eigenvalue weighted by Crippen LogP contribution is 2.36. The third-order valence-corrected chi connectivity index (χ3v) is 5.95. The lowest BCUT2D eigenvalue weighted by molar-refractivity contribution is -0.138. The van der Waals surface area contributed by atoms with Gasteiger partial charge in [-0.25, -0.2) is 9.18 Å². The second-order valence-corrected chi connectivity index (χ2v) is 8.44. The molecule has 8 nitrogen and oxygen atoms in total. The van der Waals surface area contributed by atoms with Crippen LogP contribution in [0.3, 0.4) is 0 Å². The minimum absolute atomic E-state index is 0.116. The van der Waals surface area contributed by atoms with Gasteiger partial charge < -0.3 is 19.9 Å². The van der Waals surface area contributed by atoms with E-state index in [2.05, 4.69) is 10.2 Å². The molecule has 0 aliphatic carbocycles. The topological polar surface area (TPSA) is 82.2 Å². The zero-order chi connectivity index (χ0) is 23.5. The first-order chi connectivity index (χ1) is 15.8. The zero-order valence-corrected chi connectivity index (χ0v) is 18.7. The van der Waals surface area contributed by atoms with Crippen molar-refractivity contribution < 1.29 is 23.5 Å². The summed E-state index contributed by atoms with van der Waals surface area (Å²) < 4.78 is 19.1. The monoisotopic (exact) mass is 454 g/mol. The van der Waals surface area contributed by atoms with Gasteiger partial charge in [0.05, 0.1) is 6.54 Å². The van der Waals surface area contributed by atoms with Crippen molar-refractivity contribution in [1.82, 2.24) is 14.7 Å². The third kappa shape index (κ3) is 5.14. The molecule has 2 aliphatic heterocycles. The molecular weight excluding hydrogens is 427 g/mol. The van der Waals surface area contributed by atoms with Gasteiger partial charge in [0.15, 0.2) is 12.1 Å². The molecule has 0 saturated carbocycles. The molecule has 2 unspecified atom stereocenters. The first-order valence-corrected chi connectivity index (χ1v) is 10.9. The second-order valence-electron chi connectivity index (χ2n) is 8.44. The lowest BCUT2D eigenvalue weighted by Gasteiger charge is -2.36. The Morgan fingerprint density at radius 2 is 1.79 bits per heavy atom. The summed E-state index contributed by atoms with van der Waals surface area (Å²) in [6.07, 6.45) is -1.44. The van der Waals surface area contributed by atoms with Gasteiger partial charge >= 0.3 is 6.09 Å². The van der Waals surface area contributed by atoms with Crippen LogP contribution in [0.2, 0.25) is 0 Å². The van der Waals surface area contributed by atoms with Crippen LogP contribution < -0.4 is 5.32 Å². The van der Waals surface area contributed by atoms with Gasteiger partial charge in [-0.15, -0.1) is 0 Å². The summed E-state index contributed by atoms with van der Waals surface area (Å²) in [6.45, 7) is 4.13. The lowest BCUT2D eigenvalue weighted by atomic mass is 9.99. The molecule has 0 radical (unpaired) electrons. The number of carbonyl (C=O) groups is 3. The number of hydrogen-bond donors (Lipinski definition) is 1. The fourth-order valence-electron chi connectivity index (χ4n) is 4.19. The molecule has 0 spiro atoms. The van der Waals surface area contributed by atoms with Crippen LogP contribution in [0.1, 0.15) is 24.2 Å². The predicted octanol–water partition coefficient (Wildman–Crippen LogP) is 2.62. The Balaban J connectivity index is 1.66. The Hall–Kier alpha value is -3.46. The maximum atomic E-state index is 13.7.